The molecule has 0 aromatic heterocycles. The normalized spacial score (nSPS) is 36.3. The van der Waals surface area contributed by atoms with Crippen LogP contribution in [0.15, 0.2) is 0 Å². The van der Waals surface area contributed by atoms with Crippen LogP contribution >= 0.6 is 0 Å². The molecule has 0 amide bonds. The Hall–Kier alpha value is -0.120. The van der Waals surface area contributed by atoms with Gasteiger partial charge in [-0.3, -0.25) is 4.90 Å². The van der Waals surface area contributed by atoms with Gasteiger partial charge in [0.1, 0.15) is 0 Å². The quantitative estimate of drug-likeness (QED) is 0.847. The summed E-state index contributed by atoms with van der Waals surface area (Å²) in [6.07, 6.45) is 3.90. The minimum atomic E-state index is 0.380. The van der Waals surface area contributed by atoms with E-state index in [1.807, 2.05) is 7.11 Å². The number of nitrogens with zero attached hydrogens (tertiary/aromatic N) is 1. The minimum absolute atomic E-state index is 0.380. The van der Waals surface area contributed by atoms with Crippen LogP contribution in [0.1, 0.15) is 40.0 Å². The highest BCUT2D eigenvalue weighted by molar-refractivity contribution is 4.91. The van der Waals surface area contributed by atoms with Crippen LogP contribution in [0.25, 0.3) is 0 Å². The molecule has 2 heterocycles. The van der Waals surface area contributed by atoms with Crippen molar-refractivity contribution in [3.63, 3.8) is 0 Å². The maximum atomic E-state index is 5.56. The van der Waals surface area contributed by atoms with E-state index in [2.05, 4.69) is 31.0 Å². The highest BCUT2D eigenvalue weighted by Crippen LogP contribution is 2.35. The van der Waals surface area contributed by atoms with E-state index in [1.54, 1.807) is 0 Å². The van der Waals surface area contributed by atoms with Crippen molar-refractivity contribution in [1.29, 1.82) is 0 Å². The fraction of sp³-hybridized carbons (Fsp3) is 1.00. The molecule has 0 aromatic carbocycles. The van der Waals surface area contributed by atoms with Gasteiger partial charge < -0.3 is 10.1 Å². The standard InChI is InChI=1S/C16H32N2O/c1-13-9-14(2)15(3)18(10-13)11-16(12-19-4)5-7-17-8-6-16/h13-15,17H,5-12H2,1-4H3. The average molecular weight is 268 g/mol. The molecule has 1 N–H and O–H groups in total. The van der Waals surface area contributed by atoms with Gasteiger partial charge in [-0.25, -0.2) is 0 Å². The number of ether oxygens (including phenoxy) is 1. The van der Waals surface area contributed by atoms with Crippen molar-refractivity contribution < 1.29 is 4.74 Å². The molecular weight excluding hydrogens is 236 g/mol. The van der Waals surface area contributed by atoms with Gasteiger partial charge in [0.2, 0.25) is 0 Å². The van der Waals surface area contributed by atoms with Crippen molar-refractivity contribution in [2.24, 2.45) is 17.3 Å². The molecule has 2 aliphatic rings. The number of hydrogen-bond donors (Lipinski definition) is 1. The summed E-state index contributed by atoms with van der Waals surface area (Å²) >= 11 is 0. The Morgan fingerprint density at radius 3 is 2.53 bits per heavy atom. The molecule has 2 aliphatic heterocycles. The molecule has 3 atom stereocenters. The van der Waals surface area contributed by atoms with Crippen molar-refractivity contribution in [2.45, 2.75) is 46.1 Å². The highest BCUT2D eigenvalue weighted by atomic mass is 16.5. The number of likely N-dealkylation sites (tertiary alicyclic amines) is 1. The fourth-order valence-corrected chi connectivity index (χ4v) is 4.08. The van der Waals surface area contributed by atoms with Crippen molar-refractivity contribution in [3.8, 4) is 0 Å². The highest BCUT2D eigenvalue weighted by Gasteiger charge is 2.38. The van der Waals surface area contributed by atoms with E-state index >= 15 is 0 Å². The van der Waals surface area contributed by atoms with Crippen LogP contribution < -0.4 is 5.32 Å². The van der Waals surface area contributed by atoms with Gasteiger partial charge in [-0.1, -0.05) is 13.8 Å². The molecule has 19 heavy (non-hydrogen) atoms. The molecular formula is C16H32N2O. The second-order valence-corrected chi connectivity index (χ2v) is 7.17. The predicted octanol–water partition coefficient (Wildman–Crippen LogP) is 2.37. The maximum absolute atomic E-state index is 5.56. The Morgan fingerprint density at radius 2 is 1.89 bits per heavy atom. The van der Waals surface area contributed by atoms with Crippen molar-refractivity contribution >= 4 is 0 Å². The second kappa shape index (κ2) is 6.55. The second-order valence-electron chi connectivity index (χ2n) is 7.17. The molecule has 2 rings (SSSR count). The van der Waals surface area contributed by atoms with Crippen LogP contribution in [0.5, 0.6) is 0 Å². The summed E-state index contributed by atoms with van der Waals surface area (Å²) in [5, 5.41) is 3.49. The van der Waals surface area contributed by atoms with Gasteiger partial charge in [0.15, 0.2) is 0 Å². The third kappa shape index (κ3) is 3.71. The number of piperidine rings is 2. The Bertz CT molecular complexity index is 270. The number of methoxy groups -OCH3 is 1. The van der Waals surface area contributed by atoms with E-state index in [9.17, 15) is 0 Å². The smallest absolute Gasteiger partial charge is 0.0531 e. The molecule has 2 fully saturated rings. The maximum Gasteiger partial charge on any atom is 0.0531 e. The third-order valence-corrected chi connectivity index (χ3v) is 5.37. The molecule has 3 nitrogen and oxygen atoms in total. The van der Waals surface area contributed by atoms with Crippen LogP contribution in [0.4, 0.5) is 0 Å². The molecule has 0 aromatic rings. The zero-order valence-corrected chi connectivity index (χ0v) is 13.2. The zero-order valence-electron chi connectivity index (χ0n) is 13.2. The first kappa shape index (κ1) is 15.3. The number of hydrogen-bond acceptors (Lipinski definition) is 3. The summed E-state index contributed by atoms with van der Waals surface area (Å²) in [4.78, 5) is 2.74. The lowest BCUT2D eigenvalue weighted by Gasteiger charge is -2.47. The van der Waals surface area contributed by atoms with E-state index in [1.165, 1.54) is 32.4 Å². The first-order chi connectivity index (χ1) is 9.06. The lowest BCUT2D eigenvalue weighted by atomic mass is 9.77. The number of nitrogens with one attached hydrogen (secondary N) is 1. The van der Waals surface area contributed by atoms with Gasteiger partial charge in [0, 0.05) is 31.7 Å². The monoisotopic (exact) mass is 268 g/mol. The Kier molecular flexibility index (Phi) is 5.27. The SMILES string of the molecule is COCC1(CN2CC(C)CC(C)C2C)CCNCC1. The van der Waals surface area contributed by atoms with Crippen molar-refractivity contribution in [1.82, 2.24) is 10.2 Å². The Labute approximate surface area is 119 Å². The summed E-state index contributed by atoms with van der Waals surface area (Å²) in [5.41, 5.74) is 0.380. The molecule has 0 bridgehead atoms. The van der Waals surface area contributed by atoms with E-state index < -0.39 is 0 Å². The molecule has 0 radical (unpaired) electrons. The topological polar surface area (TPSA) is 24.5 Å². The molecule has 0 aliphatic carbocycles. The van der Waals surface area contributed by atoms with Crippen LogP contribution in [0.3, 0.4) is 0 Å². The zero-order chi connectivity index (χ0) is 13.9. The summed E-state index contributed by atoms with van der Waals surface area (Å²) in [6, 6.07) is 0.722. The van der Waals surface area contributed by atoms with Gasteiger partial charge >= 0.3 is 0 Å². The first-order valence-corrected chi connectivity index (χ1v) is 8.00. The summed E-state index contributed by atoms with van der Waals surface area (Å²) < 4.78 is 5.56. The molecule has 0 spiro atoms. The predicted molar refractivity (Wildman–Crippen MR) is 80.4 cm³/mol. The van der Waals surface area contributed by atoms with E-state index in [0.717, 1.165) is 37.6 Å². The summed E-state index contributed by atoms with van der Waals surface area (Å²) in [7, 11) is 1.86. The van der Waals surface area contributed by atoms with Crippen molar-refractivity contribution in [2.75, 3.05) is 39.9 Å². The fourth-order valence-electron chi connectivity index (χ4n) is 4.08. The Balaban J connectivity index is 2.02. The minimum Gasteiger partial charge on any atom is -0.384 e. The van der Waals surface area contributed by atoms with Crippen LogP contribution in [-0.2, 0) is 4.74 Å². The van der Waals surface area contributed by atoms with E-state index in [-0.39, 0.29) is 0 Å². The lowest BCUT2D eigenvalue weighted by molar-refractivity contribution is -0.0154. The van der Waals surface area contributed by atoms with Gasteiger partial charge in [-0.2, -0.15) is 0 Å². The van der Waals surface area contributed by atoms with Crippen molar-refractivity contribution in [3.05, 3.63) is 0 Å². The van der Waals surface area contributed by atoms with Crippen LogP contribution in [-0.4, -0.2) is 50.8 Å². The third-order valence-electron chi connectivity index (χ3n) is 5.37. The largest absolute Gasteiger partial charge is 0.384 e. The molecule has 3 unspecified atom stereocenters. The first-order valence-electron chi connectivity index (χ1n) is 8.00. The number of rotatable bonds is 4. The average Bonchev–Trinajstić information content (AvgIpc) is 2.37. The van der Waals surface area contributed by atoms with E-state index in [4.69, 9.17) is 4.74 Å². The van der Waals surface area contributed by atoms with E-state index in [0.29, 0.717) is 5.41 Å². The summed E-state index contributed by atoms with van der Waals surface area (Å²) in [5.74, 6) is 1.66. The Morgan fingerprint density at radius 1 is 1.21 bits per heavy atom. The van der Waals surface area contributed by atoms with Gasteiger partial charge in [0.05, 0.1) is 6.61 Å². The van der Waals surface area contributed by atoms with Crippen LogP contribution in [0, 0.1) is 17.3 Å². The van der Waals surface area contributed by atoms with Crippen LogP contribution in [0.2, 0.25) is 0 Å². The van der Waals surface area contributed by atoms with Gasteiger partial charge in [-0.15, -0.1) is 0 Å². The molecule has 112 valence electrons. The van der Waals surface area contributed by atoms with Gasteiger partial charge in [-0.05, 0) is 51.1 Å². The molecule has 3 heteroatoms. The molecule has 2 saturated heterocycles. The lowest BCUT2D eigenvalue weighted by Crippen LogP contribution is -2.53. The summed E-state index contributed by atoms with van der Waals surface area (Å²) in [6.45, 7) is 12.9. The molecule has 0 saturated carbocycles. The van der Waals surface area contributed by atoms with Gasteiger partial charge in [0.25, 0.3) is 0 Å².